The fourth-order valence-electron chi connectivity index (χ4n) is 1.30. The molecule has 4 nitrogen and oxygen atoms in total. The van der Waals surface area contributed by atoms with Gasteiger partial charge in [-0.1, -0.05) is 26.0 Å². The van der Waals surface area contributed by atoms with E-state index in [1.807, 2.05) is 19.9 Å². The summed E-state index contributed by atoms with van der Waals surface area (Å²) in [5, 5.41) is 21.6. The van der Waals surface area contributed by atoms with Crippen LogP contribution in [-0.2, 0) is 0 Å². The summed E-state index contributed by atoms with van der Waals surface area (Å²) in [6.45, 7) is 4.68. The van der Waals surface area contributed by atoms with Crippen molar-refractivity contribution in [3.8, 4) is 11.8 Å². The van der Waals surface area contributed by atoms with E-state index < -0.39 is 6.10 Å². The minimum absolute atomic E-state index is 0.179. The first-order chi connectivity index (χ1) is 8.13. The van der Waals surface area contributed by atoms with Gasteiger partial charge in [-0.15, -0.1) is 0 Å². The Labute approximate surface area is 102 Å². The maximum atomic E-state index is 9.65. The molecule has 0 unspecified atom stereocenters. The van der Waals surface area contributed by atoms with Crippen LogP contribution in [0.5, 0.6) is 5.75 Å². The van der Waals surface area contributed by atoms with Crippen molar-refractivity contribution in [2.24, 2.45) is 0 Å². The molecule has 0 aromatic heterocycles. The Hall–Kier alpha value is -1.57. The molecule has 1 atom stereocenters. The molecular weight excluding hydrogens is 216 g/mol. The monoisotopic (exact) mass is 234 g/mol. The fraction of sp³-hybridized carbons (Fsp3) is 0.462. The number of benzene rings is 1. The molecule has 1 aromatic rings. The lowest BCUT2D eigenvalue weighted by molar-refractivity contribution is 0.104. The maximum Gasteiger partial charge on any atom is 0.137 e. The zero-order chi connectivity index (χ0) is 12.7. The predicted molar refractivity (Wildman–Crippen MR) is 65.8 cm³/mol. The van der Waals surface area contributed by atoms with Crippen LogP contribution in [0.25, 0.3) is 0 Å². The molecule has 0 heterocycles. The summed E-state index contributed by atoms with van der Waals surface area (Å²) >= 11 is 0. The van der Waals surface area contributed by atoms with Gasteiger partial charge < -0.3 is 15.2 Å². The standard InChI is InChI=1S/C13H18N2O2/c1-10(2)15-8-12(16)9-17-13-6-4-3-5-11(13)7-14/h3-6,10,12,15-16H,8-9H2,1-2H3/t12-/m0/s1. The molecule has 0 saturated carbocycles. The Morgan fingerprint density at radius 2 is 2.12 bits per heavy atom. The van der Waals surface area contributed by atoms with Crippen LogP contribution in [0.1, 0.15) is 19.4 Å². The number of hydrogen-bond donors (Lipinski definition) is 2. The number of hydrogen-bond acceptors (Lipinski definition) is 4. The van der Waals surface area contributed by atoms with Gasteiger partial charge in [0, 0.05) is 12.6 Å². The van der Waals surface area contributed by atoms with Crippen molar-refractivity contribution in [1.82, 2.24) is 5.32 Å². The smallest absolute Gasteiger partial charge is 0.137 e. The van der Waals surface area contributed by atoms with E-state index in [1.165, 1.54) is 0 Å². The molecule has 0 radical (unpaired) electrons. The summed E-state index contributed by atoms with van der Waals surface area (Å²) in [6, 6.07) is 9.37. The van der Waals surface area contributed by atoms with E-state index in [1.54, 1.807) is 24.3 Å². The summed E-state index contributed by atoms with van der Waals surface area (Å²) in [6.07, 6.45) is -0.579. The largest absolute Gasteiger partial charge is 0.489 e. The van der Waals surface area contributed by atoms with Crippen LogP contribution in [0.3, 0.4) is 0 Å². The van der Waals surface area contributed by atoms with E-state index >= 15 is 0 Å². The molecule has 2 N–H and O–H groups in total. The van der Waals surface area contributed by atoms with Crippen LogP contribution in [0, 0.1) is 11.3 Å². The lowest BCUT2D eigenvalue weighted by atomic mass is 10.2. The average molecular weight is 234 g/mol. The predicted octanol–water partition coefficient (Wildman–Crippen LogP) is 1.30. The first kappa shape index (κ1) is 13.5. The summed E-state index contributed by atoms with van der Waals surface area (Å²) < 4.78 is 5.41. The molecule has 1 rings (SSSR count). The lowest BCUT2D eigenvalue weighted by Crippen LogP contribution is -2.35. The molecule has 4 heteroatoms. The molecule has 92 valence electrons. The summed E-state index contributed by atoms with van der Waals surface area (Å²) in [7, 11) is 0. The lowest BCUT2D eigenvalue weighted by Gasteiger charge is -2.15. The van der Waals surface area contributed by atoms with Gasteiger partial charge in [-0.2, -0.15) is 5.26 Å². The molecular formula is C13H18N2O2. The first-order valence-corrected chi connectivity index (χ1v) is 5.67. The zero-order valence-corrected chi connectivity index (χ0v) is 10.2. The molecule has 1 aromatic carbocycles. The molecule has 17 heavy (non-hydrogen) atoms. The van der Waals surface area contributed by atoms with Gasteiger partial charge in [0.05, 0.1) is 5.56 Å². The van der Waals surface area contributed by atoms with E-state index in [2.05, 4.69) is 5.32 Å². The van der Waals surface area contributed by atoms with Gasteiger partial charge in [0.25, 0.3) is 0 Å². The second-order valence-corrected chi connectivity index (χ2v) is 4.14. The minimum Gasteiger partial charge on any atom is -0.489 e. The van der Waals surface area contributed by atoms with E-state index in [0.29, 0.717) is 23.9 Å². The normalized spacial score (nSPS) is 12.2. The van der Waals surface area contributed by atoms with E-state index in [9.17, 15) is 5.11 Å². The number of aliphatic hydroxyl groups is 1. The number of nitrogens with zero attached hydrogens (tertiary/aromatic N) is 1. The Balaban J connectivity index is 2.42. The summed E-state index contributed by atoms with van der Waals surface area (Å²) in [4.78, 5) is 0. The summed E-state index contributed by atoms with van der Waals surface area (Å²) in [5.41, 5.74) is 0.483. The third-order valence-electron chi connectivity index (χ3n) is 2.20. The van der Waals surface area contributed by atoms with Gasteiger partial charge in [-0.25, -0.2) is 0 Å². The van der Waals surface area contributed by atoms with Crippen LogP contribution in [-0.4, -0.2) is 30.4 Å². The van der Waals surface area contributed by atoms with Gasteiger partial charge in [0.15, 0.2) is 0 Å². The Kier molecular flexibility index (Phi) is 5.47. The van der Waals surface area contributed by atoms with E-state index in [-0.39, 0.29) is 6.61 Å². The number of nitriles is 1. The van der Waals surface area contributed by atoms with Gasteiger partial charge in [0.2, 0.25) is 0 Å². The fourth-order valence-corrected chi connectivity index (χ4v) is 1.30. The highest BCUT2D eigenvalue weighted by Gasteiger charge is 2.07. The van der Waals surface area contributed by atoms with Crippen molar-refractivity contribution < 1.29 is 9.84 Å². The molecule has 0 aliphatic carbocycles. The molecule has 0 fully saturated rings. The topological polar surface area (TPSA) is 65.3 Å². The molecule has 0 spiro atoms. The summed E-state index contributed by atoms with van der Waals surface area (Å²) in [5.74, 6) is 0.513. The van der Waals surface area contributed by atoms with Crippen LogP contribution in [0.4, 0.5) is 0 Å². The van der Waals surface area contributed by atoms with E-state index in [4.69, 9.17) is 10.00 Å². The van der Waals surface area contributed by atoms with E-state index in [0.717, 1.165) is 0 Å². The number of aliphatic hydroxyl groups excluding tert-OH is 1. The Morgan fingerprint density at radius 3 is 2.76 bits per heavy atom. The quantitative estimate of drug-likeness (QED) is 0.778. The third-order valence-corrected chi connectivity index (χ3v) is 2.20. The van der Waals surface area contributed by atoms with Gasteiger partial charge in [0.1, 0.15) is 24.5 Å². The molecule has 0 amide bonds. The number of rotatable bonds is 6. The number of para-hydroxylation sites is 1. The van der Waals surface area contributed by atoms with Crippen molar-refractivity contribution in [3.05, 3.63) is 29.8 Å². The highest BCUT2D eigenvalue weighted by molar-refractivity contribution is 5.42. The van der Waals surface area contributed by atoms with Crippen molar-refractivity contribution in [1.29, 1.82) is 5.26 Å². The van der Waals surface area contributed by atoms with Crippen LogP contribution in [0.15, 0.2) is 24.3 Å². The van der Waals surface area contributed by atoms with Gasteiger partial charge in [-0.05, 0) is 12.1 Å². The first-order valence-electron chi connectivity index (χ1n) is 5.67. The van der Waals surface area contributed by atoms with Crippen LogP contribution >= 0.6 is 0 Å². The van der Waals surface area contributed by atoms with Crippen molar-refractivity contribution >= 4 is 0 Å². The molecule has 0 saturated heterocycles. The van der Waals surface area contributed by atoms with Crippen molar-refractivity contribution in [3.63, 3.8) is 0 Å². The second kappa shape index (κ2) is 6.89. The highest BCUT2D eigenvalue weighted by atomic mass is 16.5. The highest BCUT2D eigenvalue weighted by Crippen LogP contribution is 2.16. The average Bonchev–Trinajstić information content (AvgIpc) is 2.34. The Bertz CT molecular complexity index is 385. The van der Waals surface area contributed by atoms with Gasteiger partial charge in [-0.3, -0.25) is 0 Å². The molecule has 0 bridgehead atoms. The second-order valence-electron chi connectivity index (χ2n) is 4.14. The Morgan fingerprint density at radius 1 is 1.41 bits per heavy atom. The maximum absolute atomic E-state index is 9.65. The SMILES string of the molecule is CC(C)NC[C@H](O)COc1ccccc1C#N. The minimum atomic E-state index is -0.579. The molecule has 0 aliphatic heterocycles. The molecule has 0 aliphatic rings. The van der Waals surface area contributed by atoms with Crippen molar-refractivity contribution in [2.75, 3.05) is 13.2 Å². The van der Waals surface area contributed by atoms with Crippen LogP contribution < -0.4 is 10.1 Å². The number of nitrogens with one attached hydrogen (secondary N) is 1. The van der Waals surface area contributed by atoms with Gasteiger partial charge >= 0.3 is 0 Å². The van der Waals surface area contributed by atoms with Crippen molar-refractivity contribution in [2.45, 2.75) is 26.0 Å². The zero-order valence-electron chi connectivity index (χ0n) is 10.2. The van der Waals surface area contributed by atoms with Crippen LogP contribution in [0.2, 0.25) is 0 Å². The number of ether oxygens (including phenoxy) is 1. The third kappa shape index (κ3) is 4.85.